The molecule has 0 aliphatic carbocycles. The predicted octanol–water partition coefficient (Wildman–Crippen LogP) is 3.59. The average Bonchev–Trinajstić information content (AvgIpc) is 2.41. The third-order valence-electron chi connectivity index (χ3n) is 2.79. The first-order valence-electron chi connectivity index (χ1n) is 6.04. The fraction of sp³-hybridized carbons (Fsp3) is 0.133. The van der Waals surface area contributed by atoms with E-state index in [9.17, 15) is 13.6 Å². The molecule has 0 saturated heterocycles. The number of hydrogen-bond acceptors (Lipinski definition) is 1. The SMILES string of the molecule is O=C(NCCc1ccc(Cl)cc1)c1ccc(F)cc1F. The molecule has 1 amide bonds. The fourth-order valence-corrected chi connectivity index (χ4v) is 1.87. The minimum Gasteiger partial charge on any atom is -0.352 e. The van der Waals surface area contributed by atoms with Crippen LogP contribution in [0.15, 0.2) is 42.5 Å². The van der Waals surface area contributed by atoms with E-state index in [1.54, 1.807) is 12.1 Å². The van der Waals surface area contributed by atoms with Gasteiger partial charge in [0.1, 0.15) is 11.6 Å². The van der Waals surface area contributed by atoms with E-state index in [2.05, 4.69) is 5.32 Å². The highest BCUT2D eigenvalue weighted by Gasteiger charge is 2.11. The lowest BCUT2D eigenvalue weighted by Crippen LogP contribution is -2.26. The van der Waals surface area contributed by atoms with Crippen molar-refractivity contribution in [1.82, 2.24) is 5.32 Å². The largest absolute Gasteiger partial charge is 0.352 e. The number of nitrogens with one attached hydrogen (secondary N) is 1. The zero-order valence-corrected chi connectivity index (χ0v) is 11.3. The van der Waals surface area contributed by atoms with Crippen LogP contribution in [0.1, 0.15) is 15.9 Å². The number of halogens is 3. The number of carbonyl (C=O) groups is 1. The molecule has 0 radical (unpaired) electrons. The summed E-state index contributed by atoms with van der Waals surface area (Å²) in [6, 6.07) is 10.1. The van der Waals surface area contributed by atoms with Crippen molar-refractivity contribution in [2.24, 2.45) is 0 Å². The van der Waals surface area contributed by atoms with Crippen LogP contribution in [0.5, 0.6) is 0 Å². The number of benzene rings is 2. The summed E-state index contributed by atoms with van der Waals surface area (Å²) in [7, 11) is 0. The van der Waals surface area contributed by atoms with E-state index in [-0.39, 0.29) is 5.56 Å². The first kappa shape index (κ1) is 14.5. The third kappa shape index (κ3) is 3.78. The molecule has 0 spiro atoms. The lowest BCUT2D eigenvalue weighted by Gasteiger charge is -2.06. The Morgan fingerprint density at radius 3 is 2.45 bits per heavy atom. The predicted molar refractivity (Wildman–Crippen MR) is 73.8 cm³/mol. The van der Waals surface area contributed by atoms with Gasteiger partial charge < -0.3 is 5.32 Å². The molecule has 20 heavy (non-hydrogen) atoms. The Labute approximate surface area is 120 Å². The monoisotopic (exact) mass is 295 g/mol. The van der Waals surface area contributed by atoms with E-state index in [1.165, 1.54) is 0 Å². The van der Waals surface area contributed by atoms with Crippen LogP contribution in [0.25, 0.3) is 0 Å². The highest BCUT2D eigenvalue weighted by Crippen LogP contribution is 2.11. The van der Waals surface area contributed by atoms with E-state index < -0.39 is 17.5 Å². The Balaban J connectivity index is 1.90. The molecule has 0 bridgehead atoms. The maximum atomic E-state index is 13.4. The molecule has 0 atom stereocenters. The molecule has 0 heterocycles. The topological polar surface area (TPSA) is 29.1 Å². The maximum Gasteiger partial charge on any atom is 0.254 e. The van der Waals surface area contributed by atoms with E-state index in [4.69, 9.17) is 11.6 Å². The summed E-state index contributed by atoms with van der Waals surface area (Å²) in [6.07, 6.45) is 0.603. The van der Waals surface area contributed by atoms with Gasteiger partial charge in [0.25, 0.3) is 5.91 Å². The highest BCUT2D eigenvalue weighted by molar-refractivity contribution is 6.30. The van der Waals surface area contributed by atoms with Gasteiger partial charge in [0.05, 0.1) is 5.56 Å². The van der Waals surface area contributed by atoms with Crippen LogP contribution in [0.4, 0.5) is 8.78 Å². The molecule has 2 aromatic rings. The van der Waals surface area contributed by atoms with Crippen LogP contribution in [-0.2, 0) is 6.42 Å². The zero-order chi connectivity index (χ0) is 14.5. The summed E-state index contributed by atoms with van der Waals surface area (Å²) in [5.41, 5.74) is 0.844. The van der Waals surface area contributed by atoms with E-state index >= 15 is 0 Å². The molecule has 2 nitrogen and oxygen atoms in total. The number of amides is 1. The fourth-order valence-electron chi connectivity index (χ4n) is 1.74. The molecule has 5 heteroatoms. The number of hydrogen-bond donors (Lipinski definition) is 1. The molecular weight excluding hydrogens is 284 g/mol. The molecule has 2 rings (SSSR count). The summed E-state index contributed by atoms with van der Waals surface area (Å²) < 4.78 is 26.1. The van der Waals surface area contributed by atoms with Crippen molar-refractivity contribution in [3.05, 3.63) is 70.2 Å². The van der Waals surface area contributed by atoms with Gasteiger partial charge in [-0.25, -0.2) is 8.78 Å². The minimum atomic E-state index is -0.867. The van der Waals surface area contributed by atoms with Crippen LogP contribution in [0.3, 0.4) is 0 Å². The lowest BCUT2D eigenvalue weighted by atomic mass is 10.1. The van der Waals surface area contributed by atoms with Gasteiger partial charge in [0, 0.05) is 17.6 Å². The van der Waals surface area contributed by atoms with Gasteiger partial charge in [-0.3, -0.25) is 4.79 Å². The Morgan fingerprint density at radius 2 is 1.80 bits per heavy atom. The van der Waals surface area contributed by atoms with Crippen molar-refractivity contribution in [2.45, 2.75) is 6.42 Å². The normalized spacial score (nSPS) is 10.3. The second-order valence-corrected chi connectivity index (χ2v) is 4.69. The molecule has 0 aliphatic heterocycles. The van der Waals surface area contributed by atoms with Gasteiger partial charge in [-0.2, -0.15) is 0 Å². The van der Waals surface area contributed by atoms with Crippen LogP contribution >= 0.6 is 11.6 Å². The Hall–Kier alpha value is -1.94. The second kappa shape index (κ2) is 6.48. The first-order valence-corrected chi connectivity index (χ1v) is 6.42. The molecule has 0 aromatic heterocycles. The van der Waals surface area contributed by atoms with Crippen molar-refractivity contribution in [2.75, 3.05) is 6.54 Å². The Kier molecular flexibility index (Phi) is 4.69. The summed E-state index contributed by atoms with van der Waals surface area (Å²) in [6.45, 7) is 0.358. The highest BCUT2D eigenvalue weighted by atomic mass is 35.5. The molecule has 0 aliphatic rings. The van der Waals surface area contributed by atoms with Crippen LogP contribution in [0, 0.1) is 11.6 Å². The standard InChI is InChI=1S/C15H12ClF2NO/c16-11-3-1-10(2-4-11)7-8-19-15(20)13-6-5-12(17)9-14(13)18/h1-6,9H,7-8H2,(H,19,20). The van der Waals surface area contributed by atoms with Crippen molar-refractivity contribution in [1.29, 1.82) is 0 Å². The average molecular weight is 296 g/mol. The van der Waals surface area contributed by atoms with Gasteiger partial charge in [0.2, 0.25) is 0 Å². The Morgan fingerprint density at radius 1 is 1.10 bits per heavy atom. The van der Waals surface area contributed by atoms with Crippen LogP contribution in [-0.4, -0.2) is 12.5 Å². The molecule has 1 N–H and O–H groups in total. The van der Waals surface area contributed by atoms with E-state index in [0.29, 0.717) is 24.1 Å². The molecule has 0 saturated carbocycles. The van der Waals surface area contributed by atoms with Gasteiger partial charge in [-0.05, 0) is 36.2 Å². The third-order valence-corrected chi connectivity index (χ3v) is 3.04. The summed E-state index contributed by atoms with van der Waals surface area (Å²) >= 11 is 5.76. The molecule has 104 valence electrons. The van der Waals surface area contributed by atoms with E-state index in [0.717, 1.165) is 17.7 Å². The van der Waals surface area contributed by atoms with Gasteiger partial charge in [-0.1, -0.05) is 23.7 Å². The smallest absolute Gasteiger partial charge is 0.254 e. The van der Waals surface area contributed by atoms with Crippen molar-refractivity contribution < 1.29 is 13.6 Å². The summed E-state index contributed by atoms with van der Waals surface area (Å²) in [5, 5.41) is 3.23. The zero-order valence-electron chi connectivity index (χ0n) is 10.5. The quantitative estimate of drug-likeness (QED) is 0.917. The second-order valence-electron chi connectivity index (χ2n) is 4.26. The van der Waals surface area contributed by atoms with Crippen LogP contribution < -0.4 is 5.32 Å². The van der Waals surface area contributed by atoms with Crippen LogP contribution in [0.2, 0.25) is 5.02 Å². The minimum absolute atomic E-state index is 0.164. The van der Waals surface area contributed by atoms with Gasteiger partial charge in [0.15, 0.2) is 0 Å². The summed E-state index contributed by atoms with van der Waals surface area (Å²) in [4.78, 5) is 11.7. The molecule has 0 unspecified atom stereocenters. The first-order chi connectivity index (χ1) is 9.56. The van der Waals surface area contributed by atoms with Gasteiger partial charge >= 0.3 is 0 Å². The lowest BCUT2D eigenvalue weighted by molar-refractivity contribution is 0.0950. The molecular formula is C15H12ClF2NO. The maximum absolute atomic E-state index is 13.4. The van der Waals surface area contributed by atoms with Crippen molar-refractivity contribution in [3.63, 3.8) is 0 Å². The van der Waals surface area contributed by atoms with Crippen molar-refractivity contribution in [3.8, 4) is 0 Å². The number of rotatable bonds is 4. The Bertz CT molecular complexity index is 614. The summed E-state index contributed by atoms with van der Waals surface area (Å²) in [5.74, 6) is -2.13. The molecule has 0 fully saturated rings. The number of carbonyl (C=O) groups excluding carboxylic acids is 1. The van der Waals surface area contributed by atoms with Gasteiger partial charge in [-0.15, -0.1) is 0 Å². The van der Waals surface area contributed by atoms with E-state index in [1.807, 2.05) is 12.1 Å². The molecule has 2 aromatic carbocycles. The van der Waals surface area contributed by atoms with Crippen molar-refractivity contribution >= 4 is 17.5 Å².